The van der Waals surface area contributed by atoms with Gasteiger partial charge in [0, 0.05) is 13.1 Å². The van der Waals surface area contributed by atoms with E-state index in [1.54, 1.807) is 0 Å². The molecule has 1 aliphatic carbocycles. The number of nitrogens with one attached hydrogen (secondary N) is 1. The Kier molecular flexibility index (Phi) is 9.49. The summed E-state index contributed by atoms with van der Waals surface area (Å²) in [5.41, 5.74) is 0. The zero-order valence-corrected chi connectivity index (χ0v) is 14.1. The topological polar surface area (TPSA) is 61.7 Å². The lowest BCUT2D eigenvalue weighted by Crippen LogP contribution is -2.38. The maximum atomic E-state index is 10.0. The summed E-state index contributed by atoms with van der Waals surface area (Å²) >= 11 is 0. The van der Waals surface area contributed by atoms with Gasteiger partial charge in [-0.05, 0) is 37.5 Å². The molecule has 2 atom stereocenters. The second-order valence-electron chi connectivity index (χ2n) is 6.67. The van der Waals surface area contributed by atoms with Gasteiger partial charge in [-0.1, -0.05) is 33.6 Å². The van der Waals surface area contributed by atoms with E-state index in [4.69, 9.17) is 4.74 Å². The van der Waals surface area contributed by atoms with E-state index < -0.39 is 6.10 Å². The Labute approximate surface area is 130 Å². The van der Waals surface area contributed by atoms with Crippen molar-refractivity contribution in [3.8, 4) is 0 Å². The van der Waals surface area contributed by atoms with Crippen LogP contribution in [-0.2, 0) is 4.74 Å². The second-order valence-corrected chi connectivity index (χ2v) is 6.67. The predicted octanol–water partition coefficient (Wildman–Crippen LogP) is 2.33. The fraction of sp³-hybridized carbons (Fsp3) is 1.00. The standard InChI is InChI=1S/C17H35NO3/c1-4-14(5-2)17(20)11-18-10-15(19)12-21-16-8-6-13(3)7-9-16/h13-20H,4-12H2,1-3H3. The minimum atomic E-state index is -0.488. The first kappa shape index (κ1) is 18.9. The molecular formula is C17H35NO3. The second kappa shape index (κ2) is 10.5. The fourth-order valence-corrected chi connectivity index (χ4v) is 3.10. The Balaban J connectivity index is 2.07. The summed E-state index contributed by atoms with van der Waals surface area (Å²) in [7, 11) is 0. The normalized spacial score (nSPS) is 26.0. The van der Waals surface area contributed by atoms with E-state index in [0.29, 0.717) is 31.7 Å². The molecule has 0 bridgehead atoms. The van der Waals surface area contributed by atoms with Gasteiger partial charge in [-0.2, -0.15) is 0 Å². The van der Waals surface area contributed by atoms with Crippen molar-refractivity contribution in [3.05, 3.63) is 0 Å². The van der Waals surface area contributed by atoms with Gasteiger partial charge in [0.25, 0.3) is 0 Å². The molecule has 4 heteroatoms. The highest BCUT2D eigenvalue weighted by Crippen LogP contribution is 2.25. The molecular weight excluding hydrogens is 266 g/mol. The van der Waals surface area contributed by atoms with Crippen LogP contribution in [0.25, 0.3) is 0 Å². The van der Waals surface area contributed by atoms with Gasteiger partial charge in [0.2, 0.25) is 0 Å². The van der Waals surface area contributed by atoms with Gasteiger partial charge in [0.15, 0.2) is 0 Å². The van der Waals surface area contributed by atoms with Crippen LogP contribution >= 0.6 is 0 Å². The van der Waals surface area contributed by atoms with Gasteiger partial charge in [-0.3, -0.25) is 0 Å². The van der Waals surface area contributed by atoms with Crippen LogP contribution in [0.15, 0.2) is 0 Å². The Morgan fingerprint density at radius 1 is 1.05 bits per heavy atom. The van der Waals surface area contributed by atoms with E-state index in [2.05, 4.69) is 26.1 Å². The van der Waals surface area contributed by atoms with E-state index in [0.717, 1.165) is 31.6 Å². The highest BCUT2D eigenvalue weighted by atomic mass is 16.5. The number of hydrogen-bond donors (Lipinski definition) is 3. The molecule has 4 nitrogen and oxygen atoms in total. The van der Waals surface area contributed by atoms with Crippen molar-refractivity contribution in [1.29, 1.82) is 0 Å². The third-order valence-electron chi connectivity index (χ3n) is 4.81. The first-order valence-corrected chi connectivity index (χ1v) is 8.75. The highest BCUT2D eigenvalue weighted by molar-refractivity contribution is 4.72. The molecule has 0 amide bonds. The molecule has 126 valence electrons. The smallest absolute Gasteiger partial charge is 0.0897 e. The molecule has 0 aromatic rings. The van der Waals surface area contributed by atoms with Gasteiger partial charge in [-0.15, -0.1) is 0 Å². The average Bonchev–Trinajstić information content (AvgIpc) is 2.48. The summed E-state index contributed by atoms with van der Waals surface area (Å²) in [5, 5.41) is 23.1. The van der Waals surface area contributed by atoms with E-state index in [1.807, 2.05) is 0 Å². The lowest BCUT2D eigenvalue weighted by atomic mass is 9.89. The van der Waals surface area contributed by atoms with Crippen molar-refractivity contribution in [2.24, 2.45) is 11.8 Å². The van der Waals surface area contributed by atoms with Crippen molar-refractivity contribution in [1.82, 2.24) is 5.32 Å². The fourth-order valence-electron chi connectivity index (χ4n) is 3.10. The molecule has 1 rings (SSSR count). The summed E-state index contributed by atoms with van der Waals surface area (Å²) in [6.45, 7) is 7.92. The quantitative estimate of drug-likeness (QED) is 0.579. The van der Waals surface area contributed by atoms with Crippen molar-refractivity contribution >= 4 is 0 Å². The molecule has 0 aromatic carbocycles. The predicted molar refractivity (Wildman–Crippen MR) is 86.3 cm³/mol. The molecule has 21 heavy (non-hydrogen) atoms. The largest absolute Gasteiger partial charge is 0.392 e. The monoisotopic (exact) mass is 301 g/mol. The maximum absolute atomic E-state index is 10.0. The first-order chi connectivity index (χ1) is 10.1. The first-order valence-electron chi connectivity index (χ1n) is 8.75. The minimum Gasteiger partial charge on any atom is -0.392 e. The maximum Gasteiger partial charge on any atom is 0.0897 e. The van der Waals surface area contributed by atoms with Gasteiger partial charge < -0.3 is 20.3 Å². The third kappa shape index (κ3) is 7.59. The van der Waals surface area contributed by atoms with E-state index >= 15 is 0 Å². The zero-order chi connectivity index (χ0) is 15.7. The minimum absolute atomic E-state index is 0.325. The van der Waals surface area contributed by atoms with Crippen LogP contribution in [0, 0.1) is 11.8 Å². The molecule has 0 heterocycles. The number of hydrogen-bond acceptors (Lipinski definition) is 4. The van der Waals surface area contributed by atoms with Crippen LogP contribution in [0.2, 0.25) is 0 Å². The number of aliphatic hydroxyl groups is 2. The molecule has 3 N–H and O–H groups in total. The van der Waals surface area contributed by atoms with Gasteiger partial charge >= 0.3 is 0 Å². The van der Waals surface area contributed by atoms with Crippen LogP contribution in [0.5, 0.6) is 0 Å². The Morgan fingerprint density at radius 3 is 2.24 bits per heavy atom. The number of ether oxygens (including phenoxy) is 1. The molecule has 0 saturated heterocycles. The van der Waals surface area contributed by atoms with Crippen LogP contribution in [0.4, 0.5) is 0 Å². The molecule has 0 aliphatic heterocycles. The Morgan fingerprint density at radius 2 is 1.67 bits per heavy atom. The summed E-state index contributed by atoms with van der Waals surface area (Å²) < 4.78 is 5.79. The Hall–Kier alpha value is -0.160. The lowest BCUT2D eigenvalue weighted by molar-refractivity contribution is -0.0286. The van der Waals surface area contributed by atoms with E-state index in [9.17, 15) is 10.2 Å². The van der Waals surface area contributed by atoms with Crippen molar-refractivity contribution < 1.29 is 14.9 Å². The molecule has 1 aliphatic rings. The molecule has 1 fully saturated rings. The summed E-state index contributed by atoms with van der Waals surface area (Å²) in [5.74, 6) is 1.16. The average molecular weight is 301 g/mol. The summed E-state index contributed by atoms with van der Waals surface area (Å²) in [6, 6.07) is 0. The van der Waals surface area contributed by atoms with Gasteiger partial charge in [0.1, 0.15) is 0 Å². The van der Waals surface area contributed by atoms with Crippen molar-refractivity contribution in [3.63, 3.8) is 0 Å². The summed E-state index contributed by atoms with van der Waals surface area (Å²) in [6.07, 6.45) is 6.21. The number of aliphatic hydroxyl groups excluding tert-OH is 2. The van der Waals surface area contributed by atoms with Crippen LogP contribution in [0.1, 0.15) is 59.3 Å². The van der Waals surface area contributed by atoms with Crippen LogP contribution in [0.3, 0.4) is 0 Å². The highest BCUT2D eigenvalue weighted by Gasteiger charge is 2.20. The van der Waals surface area contributed by atoms with Crippen LogP contribution < -0.4 is 5.32 Å². The third-order valence-corrected chi connectivity index (χ3v) is 4.81. The summed E-state index contributed by atoms with van der Waals surface area (Å²) in [4.78, 5) is 0. The molecule has 1 saturated carbocycles. The van der Waals surface area contributed by atoms with E-state index in [-0.39, 0.29) is 6.10 Å². The molecule has 0 spiro atoms. The van der Waals surface area contributed by atoms with E-state index in [1.165, 1.54) is 12.8 Å². The Bertz CT molecular complexity index is 250. The van der Waals surface area contributed by atoms with Crippen LogP contribution in [-0.4, -0.2) is 48.2 Å². The molecule has 0 radical (unpaired) electrons. The number of rotatable bonds is 10. The molecule has 0 aromatic heterocycles. The molecule has 2 unspecified atom stereocenters. The van der Waals surface area contributed by atoms with Crippen molar-refractivity contribution in [2.45, 2.75) is 77.6 Å². The lowest BCUT2D eigenvalue weighted by Gasteiger charge is -2.27. The zero-order valence-electron chi connectivity index (χ0n) is 14.1. The SMILES string of the molecule is CCC(CC)C(O)CNCC(O)COC1CCC(C)CC1. The van der Waals surface area contributed by atoms with Crippen molar-refractivity contribution in [2.75, 3.05) is 19.7 Å². The van der Waals surface area contributed by atoms with Gasteiger partial charge in [-0.25, -0.2) is 0 Å². The van der Waals surface area contributed by atoms with Gasteiger partial charge in [0.05, 0.1) is 24.9 Å².